The second-order valence-electron chi connectivity index (χ2n) is 5.43. The molecule has 2 heteroatoms. The lowest BCUT2D eigenvalue weighted by Crippen LogP contribution is -2.52. The van der Waals surface area contributed by atoms with Gasteiger partial charge in [0.2, 0.25) is 0 Å². The number of hydrogen-bond acceptors (Lipinski definition) is 2. The van der Waals surface area contributed by atoms with Gasteiger partial charge in [-0.2, -0.15) is 0 Å². The predicted octanol–water partition coefficient (Wildman–Crippen LogP) is 3.67. The van der Waals surface area contributed by atoms with Crippen LogP contribution in [0.3, 0.4) is 0 Å². The van der Waals surface area contributed by atoms with Crippen LogP contribution in [0.2, 0.25) is 0 Å². The van der Waals surface area contributed by atoms with E-state index < -0.39 is 0 Å². The number of rotatable bonds is 7. The maximum Gasteiger partial charge on any atom is 0.0809 e. The van der Waals surface area contributed by atoms with Crippen molar-refractivity contribution in [2.75, 3.05) is 13.2 Å². The van der Waals surface area contributed by atoms with Crippen LogP contribution in [0.4, 0.5) is 0 Å². The van der Waals surface area contributed by atoms with Gasteiger partial charge in [0.05, 0.1) is 5.60 Å². The van der Waals surface area contributed by atoms with E-state index in [1.54, 1.807) is 0 Å². The van der Waals surface area contributed by atoms with Gasteiger partial charge in [-0.1, -0.05) is 26.0 Å². The first kappa shape index (κ1) is 14.7. The van der Waals surface area contributed by atoms with E-state index in [0.717, 1.165) is 26.0 Å². The van der Waals surface area contributed by atoms with Crippen LogP contribution >= 0.6 is 0 Å². The third-order valence-corrected chi connectivity index (χ3v) is 3.87. The second kappa shape index (κ2) is 7.17. The Morgan fingerprint density at radius 3 is 2.71 bits per heavy atom. The maximum atomic E-state index is 6.07. The lowest BCUT2D eigenvalue weighted by molar-refractivity contribution is -0.0883. The summed E-state index contributed by atoms with van der Waals surface area (Å²) in [6.07, 6.45) is 6.97. The average molecular weight is 239 g/mol. The second-order valence-corrected chi connectivity index (χ2v) is 5.43. The summed E-state index contributed by atoms with van der Waals surface area (Å²) in [5, 5.41) is 3.66. The van der Waals surface area contributed by atoms with Gasteiger partial charge in [-0.15, -0.1) is 0 Å². The molecule has 1 N–H and O–H groups in total. The van der Waals surface area contributed by atoms with Gasteiger partial charge in [-0.05, 0) is 52.0 Å². The minimum Gasteiger partial charge on any atom is -0.374 e. The van der Waals surface area contributed by atoms with Crippen molar-refractivity contribution in [3.8, 4) is 0 Å². The topological polar surface area (TPSA) is 21.3 Å². The Morgan fingerprint density at radius 2 is 2.18 bits per heavy atom. The lowest BCUT2D eigenvalue weighted by atomic mass is 9.84. The summed E-state index contributed by atoms with van der Waals surface area (Å²) < 4.78 is 6.07. The zero-order chi connectivity index (χ0) is 12.7. The Labute approximate surface area is 107 Å². The van der Waals surface area contributed by atoms with E-state index in [1.807, 2.05) is 0 Å². The van der Waals surface area contributed by atoms with E-state index in [0.29, 0.717) is 6.04 Å². The number of nitrogens with one attached hydrogen (secondary N) is 1. The molecule has 17 heavy (non-hydrogen) atoms. The van der Waals surface area contributed by atoms with Gasteiger partial charge in [0.15, 0.2) is 0 Å². The first-order valence-corrected chi connectivity index (χ1v) is 7.16. The van der Waals surface area contributed by atoms with E-state index in [1.165, 1.54) is 31.3 Å². The molecular formula is C15H29NO. The minimum atomic E-state index is 0.00549. The summed E-state index contributed by atoms with van der Waals surface area (Å²) in [7, 11) is 0. The van der Waals surface area contributed by atoms with Crippen molar-refractivity contribution in [1.82, 2.24) is 5.32 Å². The van der Waals surface area contributed by atoms with E-state index >= 15 is 0 Å². The first-order chi connectivity index (χ1) is 8.12. The van der Waals surface area contributed by atoms with Gasteiger partial charge in [0.25, 0.3) is 0 Å². The van der Waals surface area contributed by atoms with Crippen molar-refractivity contribution in [3.05, 3.63) is 12.2 Å². The molecule has 0 aromatic carbocycles. The predicted molar refractivity (Wildman–Crippen MR) is 74.3 cm³/mol. The van der Waals surface area contributed by atoms with Crippen LogP contribution in [0.25, 0.3) is 0 Å². The van der Waals surface area contributed by atoms with Crippen LogP contribution in [0.15, 0.2) is 12.2 Å². The average Bonchev–Trinajstić information content (AvgIpc) is 2.34. The normalized spacial score (nSPS) is 26.8. The molecule has 1 saturated heterocycles. The molecule has 100 valence electrons. The van der Waals surface area contributed by atoms with Crippen molar-refractivity contribution in [2.45, 2.75) is 70.9 Å². The Balaban J connectivity index is 2.62. The van der Waals surface area contributed by atoms with Crippen molar-refractivity contribution >= 4 is 0 Å². The molecule has 1 aliphatic rings. The molecular weight excluding hydrogens is 210 g/mol. The maximum absolute atomic E-state index is 6.07. The molecule has 0 aromatic rings. The van der Waals surface area contributed by atoms with Gasteiger partial charge in [-0.25, -0.2) is 0 Å². The molecule has 0 bridgehead atoms. The molecule has 0 aliphatic carbocycles. The van der Waals surface area contributed by atoms with Crippen molar-refractivity contribution in [3.63, 3.8) is 0 Å². The zero-order valence-corrected chi connectivity index (χ0v) is 11.8. The molecule has 0 aromatic heterocycles. The molecule has 1 rings (SSSR count). The summed E-state index contributed by atoms with van der Waals surface area (Å²) in [5.74, 6) is 0. The molecule has 0 amide bonds. The van der Waals surface area contributed by atoms with E-state index in [2.05, 4.69) is 32.7 Å². The Morgan fingerprint density at radius 1 is 1.41 bits per heavy atom. The summed E-state index contributed by atoms with van der Waals surface area (Å²) in [5.41, 5.74) is 1.33. The highest BCUT2D eigenvalue weighted by Crippen LogP contribution is 2.31. The fourth-order valence-corrected chi connectivity index (χ4v) is 2.49. The third-order valence-electron chi connectivity index (χ3n) is 3.87. The molecule has 2 nitrogen and oxygen atoms in total. The van der Waals surface area contributed by atoms with Crippen LogP contribution in [-0.4, -0.2) is 24.8 Å². The fourth-order valence-electron chi connectivity index (χ4n) is 2.49. The van der Waals surface area contributed by atoms with Crippen molar-refractivity contribution < 1.29 is 4.74 Å². The summed E-state index contributed by atoms with van der Waals surface area (Å²) in [4.78, 5) is 0. The lowest BCUT2D eigenvalue weighted by Gasteiger charge is -2.41. The number of hydrogen-bond donors (Lipinski definition) is 1. The summed E-state index contributed by atoms with van der Waals surface area (Å²) in [6.45, 7) is 12.8. The van der Waals surface area contributed by atoms with Gasteiger partial charge in [0, 0.05) is 12.6 Å². The van der Waals surface area contributed by atoms with Gasteiger partial charge < -0.3 is 10.1 Å². The largest absolute Gasteiger partial charge is 0.374 e. The highest BCUT2D eigenvalue weighted by Gasteiger charge is 2.36. The van der Waals surface area contributed by atoms with Crippen LogP contribution in [-0.2, 0) is 4.74 Å². The zero-order valence-electron chi connectivity index (χ0n) is 11.8. The molecule has 0 saturated carbocycles. The number of ether oxygens (including phenoxy) is 1. The smallest absolute Gasteiger partial charge is 0.0809 e. The van der Waals surface area contributed by atoms with Crippen molar-refractivity contribution in [1.29, 1.82) is 0 Å². The van der Waals surface area contributed by atoms with E-state index in [-0.39, 0.29) is 5.60 Å². The van der Waals surface area contributed by atoms with Crippen LogP contribution in [0.1, 0.15) is 59.3 Å². The van der Waals surface area contributed by atoms with Gasteiger partial charge in [0.1, 0.15) is 0 Å². The van der Waals surface area contributed by atoms with Crippen LogP contribution in [0, 0.1) is 0 Å². The van der Waals surface area contributed by atoms with E-state index in [9.17, 15) is 0 Å². The molecule has 1 heterocycles. The van der Waals surface area contributed by atoms with E-state index in [4.69, 9.17) is 4.74 Å². The monoisotopic (exact) mass is 239 g/mol. The molecule has 0 radical (unpaired) electrons. The third kappa shape index (κ3) is 4.44. The Hall–Kier alpha value is -0.340. The highest BCUT2D eigenvalue weighted by atomic mass is 16.5. The highest BCUT2D eigenvalue weighted by molar-refractivity contribution is 5.03. The SMILES string of the molecule is C=C(CC)CC(NCCC)C1(C)CCCCO1. The molecule has 2 atom stereocenters. The Bertz CT molecular complexity index is 231. The van der Waals surface area contributed by atoms with Crippen molar-refractivity contribution in [2.24, 2.45) is 0 Å². The van der Waals surface area contributed by atoms with Gasteiger partial charge >= 0.3 is 0 Å². The fraction of sp³-hybridized carbons (Fsp3) is 0.867. The standard InChI is InChI=1S/C15H29NO/c1-5-10-16-14(12-13(3)6-2)15(4)9-7-8-11-17-15/h14,16H,3,5-12H2,1-2,4H3. The quantitative estimate of drug-likeness (QED) is 0.684. The molecule has 2 unspecified atom stereocenters. The summed E-state index contributed by atoms with van der Waals surface area (Å²) in [6, 6.07) is 0.426. The molecule has 0 spiro atoms. The Kier molecular flexibility index (Phi) is 6.21. The van der Waals surface area contributed by atoms with Crippen LogP contribution in [0.5, 0.6) is 0 Å². The molecule has 1 aliphatic heterocycles. The minimum absolute atomic E-state index is 0.00549. The first-order valence-electron chi connectivity index (χ1n) is 7.16. The van der Waals surface area contributed by atoms with Gasteiger partial charge in [-0.3, -0.25) is 0 Å². The summed E-state index contributed by atoms with van der Waals surface area (Å²) >= 11 is 0. The van der Waals surface area contributed by atoms with Crippen LogP contribution < -0.4 is 5.32 Å². The molecule has 1 fully saturated rings.